The average Bonchev–Trinajstić information content (AvgIpc) is 2.46. The second kappa shape index (κ2) is 4.75. The summed E-state index contributed by atoms with van der Waals surface area (Å²) in [5, 5.41) is 20.0. The number of hydrogen-bond acceptors (Lipinski definition) is 5. The van der Waals surface area contributed by atoms with Crippen molar-refractivity contribution in [3.63, 3.8) is 0 Å². The molecule has 0 spiro atoms. The molecule has 0 aliphatic heterocycles. The molecule has 1 N–H and O–H groups in total. The van der Waals surface area contributed by atoms with E-state index in [1.165, 1.54) is 17.8 Å². The lowest BCUT2D eigenvalue weighted by molar-refractivity contribution is -0.131. The molecule has 1 aromatic heterocycles. The second-order valence-electron chi connectivity index (χ2n) is 2.70. The van der Waals surface area contributed by atoms with Crippen molar-refractivity contribution in [2.24, 2.45) is 7.05 Å². The van der Waals surface area contributed by atoms with Crippen molar-refractivity contribution in [1.29, 1.82) is 0 Å². The number of aryl methyl sites for hydroxylation is 1. The van der Waals surface area contributed by atoms with E-state index >= 15 is 0 Å². The van der Waals surface area contributed by atoms with Gasteiger partial charge in [-0.3, -0.25) is 0 Å². The third-order valence-corrected chi connectivity index (χ3v) is 2.58. The summed E-state index contributed by atoms with van der Waals surface area (Å²) in [6.07, 6.45) is 1.18. The summed E-state index contributed by atoms with van der Waals surface area (Å²) in [5.74, 6) is -0.361. The molecule has 76 valence electrons. The molecule has 6 nitrogen and oxygen atoms in total. The first-order valence-electron chi connectivity index (χ1n) is 3.85. The Morgan fingerprint density at radius 3 is 2.93 bits per heavy atom. The van der Waals surface area contributed by atoms with Gasteiger partial charge in [0.15, 0.2) is 0 Å². The zero-order valence-electron chi connectivity index (χ0n) is 7.84. The van der Waals surface area contributed by atoms with Crippen LogP contribution in [-0.4, -0.2) is 37.0 Å². The van der Waals surface area contributed by atoms with Crippen LogP contribution in [-0.2, 0) is 11.8 Å². The number of aromatic nitrogens is 4. The Kier molecular flexibility index (Phi) is 3.63. The molecule has 0 fully saturated rings. The van der Waals surface area contributed by atoms with Gasteiger partial charge in [0.05, 0.1) is 0 Å². The molecule has 0 unspecified atom stereocenters. The van der Waals surface area contributed by atoms with Crippen LogP contribution in [0.15, 0.2) is 16.8 Å². The van der Waals surface area contributed by atoms with Gasteiger partial charge in [0.2, 0.25) is 5.16 Å². The topological polar surface area (TPSA) is 80.9 Å². The molecule has 0 aliphatic rings. The largest absolute Gasteiger partial charge is 0.478 e. The first-order chi connectivity index (χ1) is 6.59. The monoisotopic (exact) mass is 214 g/mol. The standard InChI is InChI=1S/C7H10N4O2S/c1-5(3-6(12)13)4-14-7-8-9-10-11(7)2/h3H,4H2,1-2H3,(H,12,13). The third-order valence-electron chi connectivity index (χ3n) is 1.38. The fraction of sp³-hybridized carbons (Fsp3) is 0.429. The van der Waals surface area contributed by atoms with Crippen molar-refractivity contribution >= 4 is 17.7 Å². The average molecular weight is 214 g/mol. The van der Waals surface area contributed by atoms with E-state index in [4.69, 9.17) is 5.11 Å². The van der Waals surface area contributed by atoms with Crippen molar-refractivity contribution < 1.29 is 9.90 Å². The molecule has 1 rings (SSSR count). The van der Waals surface area contributed by atoms with Gasteiger partial charge in [0, 0.05) is 18.9 Å². The first-order valence-corrected chi connectivity index (χ1v) is 4.83. The van der Waals surface area contributed by atoms with E-state index in [0.29, 0.717) is 10.9 Å². The number of aliphatic carboxylic acids is 1. The second-order valence-corrected chi connectivity index (χ2v) is 3.65. The summed E-state index contributed by atoms with van der Waals surface area (Å²) in [6, 6.07) is 0. The summed E-state index contributed by atoms with van der Waals surface area (Å²) in [5.41, 5.74) is 0.769. The molecule has 0 saturated heterocycles. The predicted molar refractivity (Wildman–Crippen MR) is 50.9 cm³/mol. The number of carboxylic acid groups (broad SMARTS) is 1. The Hall–Kier alpha value is -1.37. The Bertz CT molecular complexity index is 360. The van der Waals surface area contributed by atoms with Crippen molar-refractivity contribution in [3.05, 3.63) is 11.6 Å². The molecule has 0 aliphatic carbocycles. The minimum Gasteiger partial charge on any atom is -0.478 e. The maximum atomic E-state index is 10.3. The predicted octanol–water partition coefficient (Wildman–Crippen LogP) is 0.333. The van der Waals surface area contributed by atoms with Crippen LogP contribution < -0.4 is 0 Å². The van der Waals surface area contributed by atoms with Crippen LogP contribution in [0.25, 0.3) is 0 Å². The molecule has 0 aromatic carbocycles. The van der Waals surface area contributed by atoms with Gasteiger partial charge in [-0.1, -0.05) is 17.3 Å². The van der Waals surface area contributed by atoms with Gasteiger partial charge in [0.1, 0.15) is 0 Å². The zero-order chi connectivity index (χ0) is 10.6. The van der Waals surface area contributed by atoms with E-state index in [9.17, 15) is 4.79 Å². The van der Waals surface area contributed by atoms with Gasteiger partial charge in [-0.05, 0) is 17.4 Å². The van der Waals surface area contributed by atoms with Crippen LogP contribution in [0.5, 0.6) is 0 Å². The van der Waals surface area contributed by atoms with Crippen molar-refractivity contribution in [2.45, 2.75) is 12.1 Å². The fourth-order valence-corrected chi connectivity index (χ4v) is 1.53. The summed E-state index contributed by atoms with van der Waals surface area (Å²) in [4.78, 5) is 10.3. The number of nitrogens with zero attached hydrogens (tertiary/aromatic N) is 4. The molecule has 0 saturated carbocycles. The fourth-order valence-electron chi connectivity index (χ4n) is 0.774. The number of tetrazole rings is 1. The normalized spacial score (nSPS) is 11.7. The van der Waals surface area contributed by atoms with E-state index in [-0.39, 0.29) is 0 Å². The smallest absolute Gasteiger partial charge is 0.328 e. The Morgan fingerprint density at radius 2 is 2.43 bits per heavy atom. The van der Waals surface area contributed by atoms with E-state index in [1.807, 2.05) is 0 Å². The zero-order valence-corrected chi connectivity index (χ0v) is 8.65. The first kappa shape index (κ1) is 10.7. The summed E-state index contributed by atoms with van der Waals surface area (Å²) >= 11 is 1.40. The number of hydrogen-bond donors (Lipinski definition) is 1. The Balaban J connectivity index is 2.49. The molecule has 7 heteroatoms. The quantitative estimate of drug-likeness (QED) is 0.574. The molecule has 0 radical (unpaired) electrons. The lowest BCUT2D eigenvalue weighted by atomic mass is 10.3. The highest BCUT2D eigenvalue weighted by Gasteiger charge is 2.03. The van der Waals surface area contributed by atoms with Gasteiger partial charge in [-0.15, -0.1) is 5.10 Å². The van der Waals surface area contributed by atoms with Gasteiger partial charge >= 0.3 is 5.97 Å². The highest BCUT2D eigenvalue weighted by atomic mass is 32.2. The molecule has 0 atom stereocenters. The van der Waals surface area contributed by atoms with Crippen LogP contribution in [0.1, 0.15) is 6.92 Å². The van der Waals surface area contributed by atoms with Crippen molar-refractivity contribution in [2.75, 3.05) is 5.75 Å². The van der Waals surface area contributed by atoms with Crippen molar-refractivity contribution in [1.82, 2.24) is 20.2 Å². The van der Waals surface area contributed by atoms with E-state index < -0.39 is 5.97 Å². The van der Waals surface area contributed by atoms with Gasteiger partial charge < -0.3 is 5.11 Å². The van der Waals surface area contributed by atoms with Crippen LogP contribution in [0, 0.1) is 0 Å². The third kappa shape index (κ3) is 3.17. The lowest BCUT2D eigenvalue weighted by Gasteiger charge is -1.98. The Morgan fingerprint density at radius 1 is 1.71 bits per heavy atom. The minimum absolute atomic E-state index is 0.570. The summed E-state index contributed by atoms with van der Waals surface area (Å²) in [7, 11) is 1.73. The molecule has 0 bridgehead atoms. The number of carbonyl (C=O) groups is 1. The molecule has 0 amide bonds. The molecule has 1 heterocycles. The van der Waals surface area contributed by atoms with Gasteiger partial charge in [-0.25, -0.2) is 9.48 Å². The molecular weight excluding hydrogens is 204 g/mol. The number of rotatable bonds is 4. The lowest BCUT2D eigenvalue weighted by Crippen LogP contribution is -1.96. The minimum atomic E-state index is -0.931. The molecule has 14 heavy (non-hydrogen) atoms. The van der Waals surface area contributed by atoms with E-state index in [2.05, 4.69) is 15.5 Å². The Labute approximate surface area is 85.0 Å². The SMILES string of the molecule is CC(=CC(=O)O)CSc1nnnn1C. The molecule has 1 aromatic rings. The van der Waals surface area contributed by atoms with E-state index in [0.717, 1.165) is 5.57 Å². The number of thioether (sulfide) groups is 1. The number of carboxylic acids is 1. The molecular formula is C7H10N4O2S. The van der Waals surface area contributed by atoms with Gasteiger partial charge in [0.25, 0.3) is 0 Å². The van der Waals surface area contributed by atoms with Crippen LogP contribution in [0.2, 0.25) is 0 Å². The van der Waals surface area contributed by atoms with E-state index in [1.54, 1.807) is 18.7 Å². The van der Waals surface area contributed by atoms with Crippen LogP contribution in [0.4, 0.5) is 0 Å². The maximum absolute atomic E-state index is 10.3. The van der Waals surface area contributed by atoms with Gasteiger partial charge in [-0.2, -0.15) is 0 Å². The van der Waals surface area contributed by atoms with Crippen LogP contribution in [0.3, 0.4) is 0 Å². The summed E-state index contributed by atoms with van der Waals surface area (Å²) < 4.78 is 1.54. The highest BCUT2D eigenvalue weighted by Crippen LogP contribution is 2.15. The summed E-state index contributed by atoms with van der Waals surface area (Å²) in [6.45, 7) is 1.75. The van der Waals surface area contributed by atoms with Crippen molar-refractivity contribution in [3.8, 4) is 0 Å². The maximum Gasteiger partial charge on any atom is 0.328 e. The van der Waals surface area contributed by atoms with Crippen LogP contribution >= 0.6 is 11.8 Å². The highest BCUT2D eigenvalue weighted by molar-refractivity contribution is 7.99.